The SMILES string of the molecule is CC(C)Oc1ccc2nc(CCCC(=O)O)[nH]c2c1. The summed E-state index contributed by atoms with van der Waals surface area (Å²) in [5.74, 6) is 0.852. The lowest BCUT2D eigenvalue weighted by molar-refractivity contribution is -0.137. The Hall–Kier alpha value is -2.04. The number of carboxylic acids is 1. The van der Waals surface area contributed by atoms with Crippen molar-refractivity contribution in [1.82, 2.24) is 9.97 Å². The molecule has 1 aromatic carbocycles. The van der Waals surface area contributed by atoms with Gasteiger partial charge in [0.2, 0.25) is 0 Å². The Labute approximate surface area is 111 Å². The van der Waals surface area contributed by atoms with Gasteiger partial charge < -0.3 is 14.8 Å². The van der Waals surface area contributed by atoms with E-state index in [4.69, 9.17) is 9.84 Å². The summed E-state index contributed by atoms with van der Waals surface area (Å²) < 4.78 is 5.62. The number of nitrogens with one attached hydrogen (secondary N) is 1. The number of nitrogens with zero attached hydrogens (tertiary/aromatic N) is 1. The first kappa shape index (κ1) is 13.4. The number of aromatic nitrogens is 2. The molecule has 0 fully saturated rings. The monoisotopic (exact) mass is 262 g/mol. The molecule has 5 heteroatoms. The number of carboxylic acid groups (broad SMARTS) is 1. The second-order valence-electron chi connectivity index (χ2n) is 4.78. The van der Waals surface area contributed by atoms with Gasteiger partial charge in [0.15, 0.2) is 0 Å². The van der Waals surface area contributed by atoms with Gasteiger partial charge >= 0.3 is 5.97 Å². The molecule has 1 aromatic heterocycles. The third-order valence-electron chi connectivity index (χ3n) is 2.68. The molecule has 0 aliphatic rings. The third kappa shape index (κ3) is 3.71. The van der Waals surface area contributed by atoms with Crippen LogP contribution in [0.2, 0.25) is 0 Å². The van der Waals surface area contributed by atoms with Crippen LogP contribution >= 0.6 is 0 Å². The molecule has 0 saturated heterocycles. The van der Waals surface area contributed by atoms with Gasteiger partial charge in [0, 0.05) is 18.9 Å². The quantitative estimate of drug-likeness (QED) is 0.839. The Morgan fingerprint density at radius 1 is 1.47 bits per heavy atom. The maximum atomic E-state index is 10.5. The van der Waals surface area contributed by atoms with Crippen molar-refractivity contribution in [3.8, 4) is 5.75 Å². The van der Waals surface area contributed by atoms with Crippen LogP contribution in [0, 0.1) is 0 Å². The van der Waals surface area contributed by atoms with E-state index in [9.17, 15) is 4.79 Å². The van der Waals surface area contributed by atoms with Crippen LogP contribution in [0.3, 0.4) is 0 Å². The van der Waals surface area contributed by atoms with Gasteiger partial charge in [-0.1, -0.05) is 0 Å². The van der Waals surface area contributed by atoms with Crippen LogP contribution < -0.4 is 4.74 Å². The first-order valence-corrected chi connectivity index (χ1v) is 6.41. The maximum Gasteiger partial charge on any atom is 0.303 e. The Morgan fingerprint density at radius 2 is 2.26 bits per heavy atom. The summed E-state index contributed by atoms with van der Waals surface area (Å²) in [5.41, 5.74) is 1.80. The molecule has 0 unspecified atom stereocenters. The number of rotatable bonds is 6. The average Bonchev–Trinajstić information content (AvgIpc) is 2.69. The van der Waals surface area contributed by atoms with E-state index in [1.165, 1.54) is 0 Å². The van der Waals surface area contributed by atoms with Crippen LogP contribution in [-0.4, -0.2) is 27.1 Å². The first-order valence-electron chi connectivity index (χ1n) is 6.41. The lowest BCUT2D eigenvalue weighted by Crippen LogP contribution is -2.05. The molecule has 5 nitrogen and oxygen atoms in total. The number of aryl methyl sites for hydroxylation is 1. The lowest BCUT2D eigenvalue weighted by atomic mass is 10.2. The Balaban J connectivity index is 2.09. The minimum absolute atomic E-state index is 0.135. The number of benzene rings is 1. The van der Waals surface area contributed by atoms with Crippen LogP contribution in [0.25, 0.3) is 11.0 Å². The highest BCUT2D eigenvalue weighted by atomic mass is 16.5. The van der Waals surface area contributed by atoms with Gasteiger partial charge in [0.05, 0.1) is 17.1 Å². The number of carbonyl (C=O) groups is 1. The first-order chi connectivity index (χ1) is 9.04. The van der Waals surface area contributed by atoms with Crippen LogP contribution in [-0.2, 0) is 11.2 Å². The minimum atomic E-state index is -0.774. The summed E-state index contributed by atoms with van der Waals surface area (Å²) in [6.07, 6.45) is 1.53. The summed E-state index contributed by atoms with van der Waals surface area (Å²) in [7, 11) is 0. The fourth-order valence-corrected chi connectivity index (χ4v) is 1.91. The number of fused-ring (bicyclic) bond motifs is 1. The van der Waals surface area contributed by atoms with E-state index in [2.05, 4.69) is 9.97 Å². The molecule has 0 saturated carbocycles. The summed E-state index contributed by atoms with van der Waals surface area (Å²) in [4.78, 5) is 18.1. The fraction of sp³-hybridized carbons (Fsp3) is 0.429. The summed E-state index contributed by atoms with van der Waals surface area (Å²) in [5, 5.41) is 8.60. The van der Waals surface area contributed by atoms with Crippen LogP contribution in [0.1, 0.15) is 32.5 Å². The smallest absolute Gasteiger partial charge is 0.303 e. The van der Waals surface area contributed by atoms with E-state index >= 15 is 0 Å². The summed E-state index contributed by atoms with van der Waals surface area (Å²) in [6.45, 7) is 3.96. The number of hydrogen-bond donors (Lipinski definition) is 2. The van der Waals surface area contributed by atoms with E-state index in [0.717, 1.165) is 22.6 Å². The molecule has 0 atom stereocenters. The summed E-state index contributed by atoms with van der Waals surface area (Å²) in [6, 6.07) is 5.72. The van der Waals surface area contributed by atoms with E-state index < -0.39 is 5.97 Å². The van der Waals surface area contributed by atoms with Gasteiger partial charge in [0.1, 0.15) is 11.6 Å². The standard InChI is InChI=1S/C14H18N2O3/c1-9(2)19-10-6-7-11-12(8-10)16-13(15-11)4-3-5-14(17)18/h6-9H,3-5H2,1-2H3,(H,15,16)(H,17,18). The van der Waals surface area contributed by atoms with Crippen molar-refractivity contribution in [1.29, 1.82) is 0 Å². The molecule has 2 N–H and O–H groups in total. The molecule has 19 heavy (non-hydrogen) atoms. The van der Waals surface area contributed by atoms with Gasteiger partial charge in [-0.2, -0.15) is 0 Å². The number of aromatic amines is 1. The zero-order chi connectivity index (χ0) is 13.8. The van der Waals surface area contributed by atoms with Gasteiger partial charge in [-0.25, -0.2) is 4.98 Å². The number of hydrogen-bond acceptors (Lipinski definition) is 3. The highest BCUT2D eigenvalue weighted by Crippen LogP contribution is 2.20. The third-order valence-corrected chi connectivity index (χ3v) is 2.68. The predicted octanol–water partition coefficient (Wildman–Crippen LogP) is 2.76. The number of imidazole rings is 1. The molecular formula is C14H18N2O3. The molecule has 0 aliphatic heterocycles. The van der Waals surface area contributed by atoms with Gasteiger partial charge in [-0.15, -0.1) is 0 Å². The average molecular weight is 262 g/mol. The molecule has 0 bridgehead atoms. The molecule has 1 heterocycles. The molecule has 2 aromatic rings. The van der Waals surface area contributed by atoms with Crippen molar-refractivity contribution in [3.63, 3.8) is 0 Å². The van der Waals surface area contributed by atoms with Gasteiger partial charge in [0.25, 0.3) is 0 Å². The molecule has 0 amide bonds. The molecule has 2 rings (SSSR count). The zero-order valence-electron chi connectivity index (χ0n) is 11.1. The Kier molecular flexibility index (Phi) is 4.04. The van der Waals surface area contributed by atoms with Crippen molar-refractivity contribution in [2.75, 3.05) is 0 Å². The number of ether oxygens (including phenoxy) is 1. The predicted molar refractivity (Wildman–Crippen MR) is 72.4 cm³/mol. The molecule has 0 radical (unpaired) electrons. The van der Waals surface area contributed by atoms with Gasteiger partial charge in [-0.05, 0) is 32.4 Å². The number of H-pyrrole nitrogens is 1. The number of aliphatic carboxylic acids is 1. The second-order valence-corrected chi connectivity index (χ2v) is 4.78. The van der Waals surface area contributed by atoms with Crippen LogP contribution in [0.5, 0.6) is 5.75 Å². The van der Waals surface area contributed by atoms with Crippen LogP contribution in [0.15, 0.2) is 18.2 Å². The maximum absolute atomic E-state index is 10.5. The van der Waals surface area contributed by atoms with E-state index in [0.29, 0.717) is 12.8 Å². The molecular weight excluding hydrogens is 244 g/mol. The Morgan fingerprint density at radius 3 is 2.95 bits per heavy atom. The largest absolute Gasteiger partial charge is 0.491 e. The van der Waals surface area contributed by atoms with Crippen molar-refractivity contribution in [3.05, 3.63) is 24.0 Å². The topological polar surface area (TPSA) is 75.2 Å². The normalized spacial score (nSPS) is 11.1. The van der Waals surface area contributed by atoms with Crippen LogP contribution in [0.4, 0.5) is 0 Å². The lowest BCUT2D eigenvalue weighted by Gasteiger charge is -2.08. The van der Waals surface area contributed by atoms with E-state index in [1.54, 1.807) is 0 Å². The highest BCUT2D eigenvalue weighted by Gasteiger charge is 2.06. The molecule has 0 spiro atoms. The molecule has 0 aliphatic carbocycles. The zero-order valence-corrected chi connectivity index (χ0v) is 11.1. The second kappa shape index (κ2) is 5.73. The van der Waals surface area contributed by atoms with E-state index in [-0.39, 0.29) is 12.5 Å². The molecule has 102 valence electrons. The summed E-state index contributed by atoms with van der Waals surface area (Å²) >= 11 is 0. The fourth-order valence-electron chi connectivity index (χ4n) is 1.91. The van der Waals surface area contributed by atoms with Crippen molar-refractivity contribution in [2.24, 2.45) is 0 Å². The van der Waals surface area contributed by atoms with Crippen molar-refractivity contribution >= 4 is 17.0 Å². The van der Waals surface area contributed by atoms with Crippen molar-refractivity contribution < 1.29 is 14.6 Å². The van der Waals surface area contributed by atoms with Crippen molar-refractivity contribution in [2.45, 2.75) is 39.2 Å². The highest BCUT2D eigenvalue weighted by molar-refractivity contribution is 5.76. The van der Waals surface area contributed by atoms with Gasteiger partial charge in [-0.3, -0.25) is 4.79 Å². The van der Waals surface area contributed by atoms with E-state index in [1.807, 2.05) is 32.0 Å². The Bertz CT molecular complexity index is 575. The minimum Gasteiger partial charge on any atom is -0.491 e.